The molecule has 2 aliphatic heterocycles. The Morgan fingerprint density at radius 3 is 1.82 bits per heavy atom. The van der Waals surface area contributed by atoms with E-state index in [4.69, 9.17) is 11.6 Å². The zero-order valence-electron chi connectivity index (χ0n) is 33.9. The van der Waals surface area contributed by atoms with Crippen LogP contribution in [0.4, 0.5) is 23.7 Å². The highest BCUT2D eigenvalue weighted by Crippen LogP contribution is 2.48. The maximum Gasteiger partial charge on any atom is 0.445 e. The number of alkyl halides is 3. The van der Waals surface area contributed by atoms with Gasteiger partial charge in [0.05, 0.1) is 15.5 Å². The monoisotopic (exact) mass is 896 g/mol. The average molecular weight is 897 g/mol. The van der Waals surface area contributed by atoms with Crippen molar-refractivity contribution in [1.82, 2.24) is 13.5 Å². The summed E-state index contributed by atoms with van der Waals surface area (Å²) in [6.45, 7) is 10.8. The van der Waals surface area contributed by atoms with Crippen LogP contribution in [-0.2, 0) is 36.9 Å². The Bertz CT molecular complexity index is 2400. The fourth-order valence-corrected chi connectivity index (χ4v) is 10.1. The molecule has 2 heterocycles. The number of benzene rings is 4. The minimum Gasteiger partial charge on any atom is -0.415 e. The molecule has 16 heteroatoms. The molecule has 0 radical (unpaired) electrons. The van der Waals surface area contributed by atoms with Crippen LogP contribution in [0.3, 0.4) is 0 Å². The van der Waals surface area contributed by atoms with E-state index in [9.17, 15) is 34.8 Å². The predicted molar refractivity (Wildman–Crippen MR) is 230 cm³/mol. The van der Waals surface area contributed by atoms with E-state index in [2.05, 4.69) is 45.5 Å². The lowest BCUT2D eigenvalue weighted by Gasteiger charge is -2.35. The van der Waals surface area contributed by atoms with Crippen molar-refractivity contribution < 1.29 is 39.5 Å². The van der Waals surface area contributed by atoms with Crippen LogP contribution < -0.4 is 5.32 Å². The van der Waals surface area contributed by atoms with Gasteiger partial charge >= 0.3 is 12.3 Å². The molecule has 0 bridgehead atoms. The number of carbonyl (C=O) groups excluding carboxylic acids is 1. The number of sulfonamides is 2. The van der Waals surface area contributed by atoms with E-state index in [-0.39, 0.29) is 45.1 Å². The van der Waals surface area contributed by atoms with Crippen molar-refractivity contribution in [1.29, 1.82) is 0 Å². The molecule has 0 spiro atoms. The number of rotatable bonds is 6. The number of nitrogens with zero attached hydrogens (tertiary/aromatic N) is 3. The molecule has 1 saturated heterocycles. The lowest BCUT2D eigenvalue weighted by molar-refractivity contribution is -0.239. The Hall–Kier alpha value is -4.69. The standard InChI is InChI=1S/C31H39N3O4S2.C14H9ClF3NO2/c1-26-11-15-30(16-12-26)39(35,36)33-21-7-19-32(25-29-9-5-4-6-10-29)20-8-22-34(24-28(3)23-33)40(37,38)31-17-13-27(2)14-18-31;15-9-3-4-11-10(7-9)13(14(16,17)18,21-12(20)19-11)6-5-8-1-2-8/h4-6,9-18H,3,7-8,19-25H2,1-2H3;3-4,7-8H,1-2H2,(H,19,20)/t;13-/m.0/s1. The molecule has 7 rings (SSSR count). The summed E-state index contributed by atoms with van der Waals surface area (Å²) in [5.41, 5.74) is 0.381. The fraction of sp³-hybridized carbons (Fsp3) is 0.356. The normalized spacial score (nSPS) is 20.0. The number of cyclic esters (lactones) is 1. The second kappa shape index (κ2) is 19.1. The van der Waals surface area contributed by atoms with Crippen molar-refractivity contribution in [3.63, 3.8) is 0 Å². The van der Waals surface area contributed by atoms with Crippen LogP contribution in [-0.4, -0.2) is 81.9 Å². The van der Waals surface area contributed by atoms with Crippen LogP contribution in [0.25, 0.3) is 0 Å². The van der Waals surface area contributed by atoms with Crippen LogP contribution >= 0.6 is 11.6 Å². The van der Waals surface area contributed by atoms with Crippen LogP contribution in [0, 0.1) is 31.6 Å². The highest BCUT2D eigenvalue weighted by molar-refractivity contribution is 7.89. The lowest BCUT2D eigenvalue weighted by atomic mass is 9.90. The van der Waals surface area contributed by atoms with Gasteiger partial charge in [-0.1, -0.05) is 89.8 Å². The number of nitrogens with one attached hydrogen (secondary N) is 1. The predicted octanol–water partition coefficient (Wildman–Crippen LogP) is 8.91. The number of fused-ring (bicyclic) bond motifs is 1. The van der Waals surface area contributed by atoms with Gasteiger partial charge in [-0.05, 0) is 112 Å². The van der Waals surface area contributed by atoms with E-state index in [0.717, 1.165) is 35.6 Å². The van der Waals surface area contributed by atoms with Crippen molar-refractivity contribution in [3.8, 4) is 11.8 Å². The molecule has 4 aromatic rings. The Labute approximate surface area is 361 Å². The SMILES string of the molecule is C=C1CN(S(=O)(=O)c2ccc(C)cc2)CCCN(Cc2ccccc2)CCCN(S(=O)(=O)c2ccc(C)cc2)C1.O=C1Nc2ccc(Cl)cc2[C@@](C#CC2CC2)(C(F)(F)F)O1. The van der Waals surface area contributed by atoms with Gasteiger partial charge in [-0.15, -0.1) is 0 Å². The zero-order chi connectivity index (χ0) is 44.0. The van der Waals surface area contributed by atoms with Gasteiger partial charge in [-0.2, -0.15) is 21.8 Å². The molecule has 0 unspecified atom stereocenters. The van der Waals surface area contributed by atoms with Gasteiger partial charge in [0.15, 0.2) is 0 Å². The molecule has 1 atom stereocenters. The molecule has 1 saturated carbocycles. The van der Waals surface area contributed by atoms with E-state index in [1.165, 1.54) is 20.7 Å². The largest absolute Gasteiger partial charge is 0.445 e. The number of aryl methyl sites for hydroxylation is 2. The molecule has 61 heavy (non-hydrogen) atoms. The first-order chi connectivity index (χ1) is 28.9. The van der Waals surface area contributed by atoms with Crippen LogP contribution in [0.2, 0.25) is 5.02 Å². The van der Waals surface area contributed by atoms with Crippen LogP contribution in [0.5, 0.6) is 0 Å². The van der Waals surface area contributed by atoms with Gasteiger partial charge in [0.1, 0.15) is 0 Å². The minimum atomic E-state index is -4.87. The van der Waals surface area contributed by atoms with Crippen molar-refractivity contribution >= 4 is 43.4 Å². The molecule has 324 valence electrons. The Balaban J connectivity index is 0.000000247. The second-order valence-electron chi connectivity index (χ2n) is 15.4. The molecular formula is C45H48ClF3N4O6S2. The number of halogens is 4. The van der Waals surface area contributed by atoms with E-state index >= 15 is 0 Å². The lowest BCUT2D eigenvalue weighted by Crippen LogP contribution is -2.49. The summed E-state index contributed by atoms with van der Waals surface area (Å²) >= 11 is 5.78. The van der Waals surface area contributed by atoms with E-state index in [1.54, 1.807) is 48.5 Å². The van der Waals surface area contributed by atoms with Gasteiger partial charge in [0.2, 0.25) is 20.0 Å². The quantitative estimate of drug-likeness (QED) is 0.152. The number of ether oxygens (including phenoxy) is 1. The maximum atomic E-state index is 13.7. The summed E-state index contributed by atoms with van der Waals surface area (Å²) in [5, 5.41) is 2.34. The zero-order valence-corrected chi connectivity index (χ0v) is 36.3. The van der Waals surface area contributed by atoms with E-state index < -0.39 is 37.9 Å². The Morgan fingerprint density at radius 1 is 0.803 bits per heavy atom. The third-order valence-electron chi connectivity index (χ3n) is 10.4. The molecule has 10 nitrogen and oxygen atoms in total. The summed E-state index contributed by atoms with van der Waals surface area (Å²) < 4.78 is 103. The number of anilines is 1. The first-order valence-corrected chi connectivity index (χ1v) is 23.1. The first-order valence-electron chi connectivity index (χ1n) is 19.8. The Kier molecular flexibility index (Phi) is 14.4. The topological polar surface area (TPSA) is 116 Å². The van der Waals surface area contributed by atoms with Crippen LogP contribution in [0.1, 0.15) is 47.9 Å². The number of hydrogen-bond donors (Lipinski definition) is 1. The molecule has 4 aromatic carbocycles. The Morgan fingerprint density at radius 2 is 1.33 bits per heavy atom. The first kappa shape index (κ1) is 45.8. The summed E-state index contributed by atoms with van der Waals surface area (Å²) in [7, 11) is -7.60. The van der Waals surface area contributed by atoms with Crippen molar-refractivity contribution in [2.75, 3.05) is 44.6 Å². The van der Waals surface area contributed by atoms with Gasteiger partial charge in [0.25, 0.3) is 5.60 Å². The summed E-state index contributed by atoms with van der Waals surface area (Å²) in [5.74, 6) is 4.60. The third kappa shape index (κ3) is 11.4. The van der Waals surface area contributed by atoms with Crippen molar-refractivity contribution in [2.45, 2.75) is 67.6 Å². The maximum absolute atomic E-state index is 13.7. The molecule has 3 aliphatic rings. The van der Waals surface area contributed by atoms with Gasteiger partial charge in [0, 0.05) is 49.2 Å². The van der Waals surface area contributed by atoms with Crippen molar-refractivity contribution in [3.05, 3.63) is 136 Å². The smallest absolute Gasteiger partial charge is 0.415 e. The second-order valence-corrected chi connectivity index (χ2v) is 19.8. The summed E-state index contributed by atoms with van der Waals surface area (Å²) in [6.07, 6.45) is -3.24. The van der Waals surface area contributed by atoms with Crippen LogP contribution in [0.15, 0.2) is 119 Å². The molecule has 1 amide bonds. The minimum absolute atomic E-state index is 0.00179. The third-order valence-corrected chi connectivity index (χ3v) is 14.4. The van der Waals surface area contributed by atoms with Gasteiger partial charge in [-0.25, -0.2) is 21.6 Å². The molecular weight excluding hydrogens is 849 g/mol. The van der Waals surface area contributed by atoms with E-state index in [0.29, 0.717) is 51.1 Å². The highest BCUT2D eigenvalue weighted by Gasteiger charge is 2.62. The highest BCUT2D eigenvalue weighted by atomic mass is 35.5. The van der Waals surface area contributed by atoms with Crippen molar-refractivity contribution in [2.24, 2.45) is 5.92 Å². The average Bonchev–Trinajstić information content (AvgIpc) is 4.04. The molecule has 0 aromatic heterocycles. The molecule has 1 N–H and O–H groups in total. The number of amides is 1. The van der Waals surface area contributed by atoms with Gasteiger partial charge in [-0.3, -0.25) is 10.2 Å². The van der Waals surface area contributed by atoms with Gasteiger partial charge < -0.3 is 4.74 Å². The fourth-order valence-electron chi connectivity index (χ4n) is 6.94. The number of carbonyl (C=O) groups is 1. The number of hydrogen-bond acceptors (Lipinski definition) is 7. The summed E-state index contributed by atoms with van der Waals surface area (Å²) in [4.78, 5) is 14.2. The molecule has 1 aliphatic carbocycles. The summed E-state index contributed by atoms with van der Waals surface area (Å²) in [6, 6.07) is 27.6. The molecule has 2 fully saturated rings. The van der Waals surface area contributed by atoms with E-state index in [1.807, 2.05) is 32.0 Å².